The topological polar surface area (TPSA) is 41.6 Å². The van der Waals surface area contributed by atoms with Gasteiger partial charge in [-0.05, 0) is 35.5 Å². The molecule has 0 aliphatic carbocycles. The summed E-state index contributed by atoms with van der Waals surface area (Å²) in [5, 5.41) is 6.63. The molecule has 1 aliphatic rings. The van der Waals surface area contributed by atoms with Gasteiger partial charge in [0, 0.05) is 23.2 Å². The molecule has 134 valence electrons. The summed E-state index contributed by atoms with van der Waals surface area (Å²) in [6, 6.07) is 16.4. The summed E-state index contributed by atoms with van der Waals surface area (Å²) in [4.78, 5) is 14.6. The molecule has 1 amide bonds. The van der Waals surface area contributed by atoms with Gasteiger partial charge in [-0.3, -0.25) is 9.69 Å². The number of ether oxygens (including phenoxy) is 1. The van der Waals surface area contributed by atoms with E-state index in [-0.39, 0.29) is 11.9 Å². The van der Waals surface area contributed by atoms with E-state index in [0.29, 0.717) is 13.2 Å². The molecule has 0 spiro atoms. The predicted molar refractivity (Wildman–Crippen MR) is 106 cm³/mol. The molecule has 0 unspecified atom stereocenters. The summed E-state index contributed by atoms with van der Waals surface area (Å²) in [5.74, 6) is 0.927. The van der Waals surface area contributed by atoms with Crippen molar-refractivity contribution in [3.63, 3.8) is 0 Å². The SMILES string of the molecule is CN(CC(=O)N[C@H]1CCOc2ccccc21)Cc1csc2ccccc12. The molecular weight excluding hydrogens is 344 g/mol. The lowest BCUT2D eigenvalue weighted by Gasteiger charge is -2.27. The molecule has 0 saturated heterocycles. The lowest BCUT2D eigenvalue weighted by molar-refractivity contribution is -0.123. The van der Waals surface area contributed by atoms with Crippen molar-refractivity contribution in [2.24, 2.45) is 0 Å². The fraction of sp³-hybridized carbons (Fsp3) is 0.286. The quantitative estimate of drug-likeness (QED) is 0.743. The number of carbonyl (C=O) groups is 1. The van der Waals surface area contributed by atoms with Crippen LogP contribution < -0.4 is 10.1 Å². The molecule has 4 nitrogen and oxygen atoms in total. The highest BCUT2D eigenvalue weighted by molar-refractivity contribution is 7.17. The van der Waals surface area contributed by atoms with Crippen LogP contribution in [0.3, 0.4) is 0 Å². The van der Waals surface area contributed by atoms with Crippen LogP contribution in [-0.4, -0.2) is 31.0 Å². The molecule has 2 heterocycles. The first-order valence-electron chi connectivity index (χ1n) is 8.85. The maximum atomic E-state index is 12.5. The number of benzene rings is 2. The zero-order chi connectivity index (χ0) is 17.9. The summed E-state index contributed by atoms with van der Waals surface area (Å²) in [5.41, 5.74) is 2.34. The predicted octanol–water partition coefficient (Wildman–Crippen LogP) is 3.97. The van der Waals surface area contributed by atoms with Crippen molar-refractivity contribution in [1.29, 1.82) is 0 Å². The minimum Gasteiger partial charge on any atom is -0.493 e. The Balaban J connectivity index is 1.38. The van der Waals surface area contributed by atoms with Crippen LogP contribution in [0.25, 0.3) is 10.1 Å². The van der Waals surface area contributed by atoms with Gasteiger partial charge in [0.05, 0.1) is 19.2 Å². The van der Waals surface area contributed by atoms with Crippen molar-refractivity contribution in [2.45, 2.75) is 19.0 Å². The van der Waals surface area contributed by atoms with Crippen LogP contribution in [0.5, 0.6) is 5.75 Å². The molecule has 4 rings (SSSR count). The maximum absolute atomic E-state index is 12.5. The molecular formula is C21H22N2O2S. The highest BCUT2D eigenvalue weighted by Gasteiger charge is 2.23. The molecule has 1 N–H and O–H groups in total. The van der Waals surface area contributed by atoms with Crippen LogP contribution in [-0.2, 0) is 11.3 Å². The lowest BCUT2D eigenvalue weighted by Crippen LogP contribution is -2.38. The van der Waals surface area contributed by atoms with Crippen molar-refractivity contribution < 1.29 is 9.53 Å². The zero-order valence-corrected chi connectivity index (χ0v) is 15.6. The van der Waals surface area contributed by atoms with E-state index in [2.05, 4.69) is 39.9 Å². The van der Waals surface area contributed by atoms with E-state index in [4.69, 9.17) is 4.74 Å². The van der Waals surface area contributed by atoms with Crippen molar-refractivity contribution in [3.8, 4) is 5.75 Å². The molecule has 0 radical (unpaired) electrons. The van der Waals surface area contributed by atoms with Crippen LogP contribution in [0, 0.1) is 0 Å². The Morgan fingerprint density at radius 1 is 1.23 bits per heavy atom. The van der Waals surface area contributed by atoms with E-state index in [1.165, 1.54) is 15.6 Å². The number of fused-ring (bicyclic) bond motifs is 2. The van der Waals surface area contributed by atoms with Crippen molar-refractivity contribution in [3.05, 3.63) is 65.0 Å². The second kappa shape index (κ2) is 7.48. The molecule has 1 atom stereocenters. The summed E-state index contributed by atoms with van der Waals surface area (Å²) in [7, 11) is 1.99. The summed E-state index contributed by atoms with van der Waals surface area (Å²) < 4.78 is 6.96. The number of nitrogens with one attached hydrogen (secondary N) is 1. The van der Waals surface area contributed by atoms with Crippen molar-refractivity contribution >= 4 is 27.3 Å². The third kappa shape index (κ3) is 3.59. The Hall–Kier alpha value is -2.37. The average molecular weight is 366 g/mol. The normalized spacial score (nSPS) is 16.3. The number of thiophene rings is 1. The largest absolute Gasteiger partial charge is 0.493 e. The van der Waals surface area contributed by atoms with Gasteiger partial charge in [0.15, 0.2) is 0 Å². The fourth-order valence-electron chi connectivity index (χ4n) is 3.48. The number of hydrogen-bond donors (Lipinski definition) is 1. The minimum atomic E-state index is 0.0304. The summed E-state index contributed by atoms with van der Waals surface area (Å²) in [6.07, 6.45) is 0.807. The highest BCUT2D eigenvalue weighted by atomic mass is 32.1. The van der Waals surface area contributed by atoms with Gasteiger partial charge in [-0.1, -0.05) is 36.4 Å². The molecule has 5 heteroatoms. The third-order valence-corrected chi connectivity index (χ3v) is 5.72. The molecule has 1 aromatic heterocycles. The molecule has 1 aliphatic heterocycles. The Bertz CT molecular complexity index is 921. The van der Waals surface area contributed by atoms with Crippen LogP contribution in [0.15, 0.2) is 53.9 Å². The van der Waals surface area contributed by atoms with E-state index in [1.54, 1.807) is 11.3 Å². The first-order valence-corrected chi connectivity index (χ1v) is 9.73. The number of hydrogen-bond acceptors (Lipinski definition) is 4. The smallest absolute Gasteiger partial charge is 0.234 e. The average Bonchev–Trinajstić information content (AvgIpc) is 3.05. The van der Waals surface area contributed by atoms with E-state index >= 15 is 0 Å². The number of para-hydroxylation sites is 1. The molecule has 0 fully saturated rings. The minimum absolute atomic E-state index is 0.0304. The molecule has 2 aromatic carbocycles. The fourth-order valence-corrected chi connectivity index (χ4v) is 4.43. The Kier molecular flexibility index (Phi) is 4.91. The standard InChI is InChI=1S/C21H22N2O2S/c1-23(12-15-14-26-20-9-5-3-6-16(15)20)13-21(24)22-18-10-11-25-19-8-4-2-7-17(18)19/h2-9,14,18H,10-13H2,1H3,(H,22,24)/t18-/m0/s1. The molecule has 26 heavy (non-hydrogen) atoms. The number of amides is 1. The molecule has 0 saturated carbocycles. The van der Waals surface area contributed by atoms with Crippen molar-refractivity contribution in [1.82, 2.24) is 10.2 Å². The number of carbonyl (C=O) groups excluding carboxylic acids is 1. The number of rotatable bonds is 5. The summed E-state index contributed by atoms with van der Waals surface area (Å²) in [6.45, 7) is 1.78. The molecule has 0 bridgehead atoms. The number of nitrogens with zero attached hydrogens (tertiary/aromatic N) is 1. The van der Waals surface area contributed by atoms with Gasteiger partial charge in [0.1, 0.15) is 5.75 Å². The Labute approximate surface area is 157 Å². The maximum Gasteiger partial charge on any atom is 0.234 e. The Morgan fingerprint density at radius 3 is 2.96 bits per heavy atom. The second-order valence-corrected chi connectivity index (χ2v) is 7.64. The van der Waals surface area contributed by atoms with Gasteiger partial charge in [-0.25, -0.2) is 0 Å². The highest BCUT2D eigenvalue weighted by Crippen LogP contribution is 2.31. The van der Waals surface area contributed by atoms with Gasteiger partial charge >= 0.3 is 0 Å². The van der Waals surface area contributed by atoms with Gasteiger partial charge in [0.25, 0.3) is 0 Å². The van der Waals surface area contributed by atoms with Gasteiger partial charge in [-0.2, -0.15) is 0 Å². The van der Waals surface area contributed by atoms with E-state index in [1.807, 2.05) is 31.3 Å². The van der Waals surface area contributed by atoms with Gasteiger partial charge in [0.2, 0.25) is 5.91 Å². The van der Waals surface area contributed by atoms with Crippen LogP contribution >= 0.6 is 11.3 Å². The van der Waals surface area contributed by atoms with Gasteiger partial charge < -0.3 is 10.1 Å². The molecule has 3 aromatic rings. The van der Waals surface area contributed by atoms with Crippen molar-refractivity contribution in [2.75, 3.05) is 20.2 Å². The second-order valence-electron chi connectivity index (χ2n) is 6.72. The zero-order valence-electron chi connectivity index (χ0n) is 14.8. The monoisotopic (exact) mass is 366 g/mol. The first-order chi connectivity index (χ1) is 12.7. The first kappa shape index (κ1) is 17.1. The number of likely N-dealkylation sites (N-methyl/N-ethyl adjacent to an activating group) is 1. The van der Waals surface area contributed by atoms with E-state index < -0.39 is 0 Å². The van der Waals surface area contributed by atoms with Crippen LogP contribution in [0.2, 0.25) is 0 Å². The van der Waals surface area contributed by atoms with Crippen LogP contribution in [0.1, 0.15) is 23.6 Å². The van der Waals surface area contributed by atoms with E-state index in [9.17, 15) is 4.79 Å². The summed E-state index contributed by atoms with van der Waals surface area (Å²) >= 11 is 1.75. The van der Waals surface area contributed by atoms with Gasteiger partial charge in [-0.15, -0.1) is 11.3 Å². The van der Waals surface area contributed by atoms with Crippen LogP contribution in [0.4, 0.5) is 0 Å². The lowest BCUT2D eigenvalue weighted by atomic mass is 10.0. The third-order valence-electron chi connectivity index (χ3n) is 4.71. The van der Waals surface area contributed by atoms with E-state index in [0.717, 1.165) is 24.3 Å². The Morgan fingerprint density at radius 2 is 2.04 bits per heavy atom.